The van der Waals surface area contributed by atoms with Gasteiger partial charge in [-0.1, -0.05) is 22.9 Å². The zero-order valence-corrected chi connectivity index (χ0v) is 13.3. The molecule has 0 aliphatic carbocycles. The summed E-state index contributed by atoms with van der Waals surface area (Å²) in [5.41, 5.74) is 1.07. The SMILES string of the molecule is COc1cc(Br)c(CNCC(C)CCO)c(OC)c1. The van der Waals surface area contributed by atoms with Crippen molar-refractivity contribution >= 4 is 15.9 Å². The van der Waals surface area contributed by atoms with Gasteiger partial charge in [0.15, 0.2) is 0 Å². The summed E-state index contributed by atoms with van der Waals surface area (Å²) in [6.07, 6.45) is 0.813. The van der Waals surface area contributed by atoms with Crippen molar-refractivity contribution in [2.45, 2.75) is 19.9 Å². The first-order valence-electron chi connectivity index (χ1n) is 6.34. The maximum Gasteiger partial charge on any atom is 0.128 e. The van der Waals surface area contributed by atoms with Gasteiger partial charge in [0.1, 0.15) is 11.5 Å². The number of methoxy groups -OCH3 is 2. The molecular formula is C14H22BrNO3. The lowest BCUT2D eigenvalue weighted by molar-refractivity contribution is 0.260. The number of ether oxygens (including phenoxy) is 2. The van der Waals surface area contributed by atoms with Crippen LogP contribution in [0.25, 0.3) is 0 Å². The van der Waals surface area contributed by atoms with Crippen LogP contribution in [0.15, 0.2) is 16.6 Å². The second-order valence-electron chi connectivity index (χ2n) is 4.54. The molecule has 108 valence electrons. The van der Waals surface area contributed by atoms with E-state index in [1.165, 1.54) is 0 Å². The summed E-state index contributed by atoms with van der Waals surface area (Å²) in [6.45, 7) is 3.92. The highest BCUT2D eigenvalue weighted by molar-refractivity contribution is 9.10. The summed E-state index contributed by atoms with van der Waals surface area (Å²) >= 11 is 3.54. The van der Waals surface area contributed by atoms with Gasteiger partial charge in [0.25, 0.3) is 0 Å². The molecule has 4 nitrogen and oxygen atoms in total. The highest BCUT2D eigenvalue weighted by atomic mass is 79.9. The smallest absolute Gasteiger partial charge is 0.128 e. The predicted molar refractivity (Wildman–Crippen MR) is 79.8 cm³/mol. The maximum absolute atomic E-state index is 8.87. The van der Waals surface area contributed by atoms with E-state index in [4.69, 9.17) is 14.6 Å². The van der Waals surface area contributed by atoms with Gasteiger partial charge in [0, 0.05) is 29.3 Å². The van der Waals surface area contributed by atoms with Gasteiger partial charge in [0.2, 0.25) is 0 Å². The number of halogens is 1. The van der Waals surface area contributed by atoms with Crippen molar-refractivity contribution in [1.29, 1.82) is 0 Å². The van der Waals surface area contributed by atoms with Crippen molar-refractivity contribution < 1.29 is 14.6 Å². The number of rotatable bonds is 8. The molecule has 1 rings (SSSR count). The number of aliphatic hydroxyl groups excluding tert-OH is 1. The van der Waals surface area contributed by atoms with E-state index >= 15 is 0 Å². The van der Waals surface area contributed by atoms with E-state index < -0.39 is 0 Å². The Morgan fingerprint density at radius 2 is 2.05 bits per heavy atom. The van der Waals surface area contributed by atoms with Crippen molar-refractivity contribution in [3.8, 4) is 11.5 Å². The van der Waals surface area contributed by atoms with Crippen LogP contribution in [0.1, 0.15) is 18.9 Å². The summed E-state index contributed by atoms with van der Waals surface area (Å²) in [5, 5.41) is 12.2. The lowest BCUT2D eigenvalue weighted by Gasteiger charge is -2.15. The molecule has 0 aliphatic rings. The quantitative estimate of drug-likeness (QED) is 0.768. The lowest BCUT2D eigenvalue weighted by atomic mass is 10.1. The average Bonchev–Trinajstić information content (AvgIpc) is 2.40. The zero-order chi connectivity index (χ0) is 14.3. The molecular weight excluding hydrogens is 310 g/mol. The van der Waals surface area contributed by atoms with Gasteiger partial charge in [-0.25, -0.2) is 0 Å². The average molecular weight is 332 g/mol. The topological polar surface area (TPSA) is 50.7 Å². The van der Waals surface area contributed by atoms with Crippen LogP contribution in [0.5, 0.6) is 11.5 Å². The second-order valence-corrected chi connectivity index (χ2v) is 5.39. The number of benzene rings is 1. The molecule has 5 heteroatoms. The number of nitrogens with one attached hydrogen (secondary N) is 1. The van der Waals surface area contributed by atoms with Crippen LogP contribution in [0, 0.1) is 5.92 Å². The zero-order valence-electron chi connectivity index (χ0n) is 11.7. The third kappa shape index (κ3) is 5.01. The van der Waals surface area contributed by atoms with Crippen molar-refractivity contribution in [3.05, 3.63) is 22.2 Å². The van der Waals surface area contributed by atoms with Gasteiger partial charge in [0.05, 0.1) is 14.2 Å². The third-order valence-corrected chi connectivity index (χ3v) is 3.71. The fourth-order valence-electron chi connectivity index (χ4n) is 1.83. The first kappa shape index (κ1) is 16.3. The molecule has 1 aromatic carbocycles. The first-order valence-corrected chi connectivity index (χ1v) is 7.13. The van der Waals surface area contributed by atoms with Crippen LogP contribution < -0.4 is 14.8 Å². The van der Waals surface area contributed by atoms with Gasteiger partial charge in [-0.05, 0) is 24.9 Å². The number of aliphatic hydroxyl groups is 1. The minimum absolute atomic E-state index is 0.235. The maximum atomic E-state index is 8.87. The van der Waals surface area contributed by atoms with Gasteiger partial charge < -0.3 is 19.9 Å². The summed E-state index contributed by atoms with van der Waals surface area (Å²) in [4.78, 5) is 0. The van der Waals surface area contributed by atoms with E-state index in [0.29, 0.717) is 12.5 Å². The minimum atomic E-state index is 0.235. The molecule has 0 saturated heterocycles. The fourth-order valence-corrected chi connectivity index (χ4v) is 2.39. The molecule has 1 aromatic rings. The largest absolute Gasteiger partial charge is 0.497 e. The molecule has 0 aromatic heterocycles. The Labute approximate surface area is 123 Å². The van der Waals surface area contributed by atoms with Gasteiger partial charge in [-0.15, -0.1) is 0 Å². The molecule has 0 heterocycles. The standard InChI is InChI=1S/C14H22BrNO3/c1-10(4-5-17)8-16-9-12-13(15)6-11(18-2)7-14(12)19-3/h6-7,10,16-17H,4-5,8-9H2,1-3H3. The Morgan fingerprint density at radius 1 is 1.32 bits per heavy atom. The summed E-state index contributed by atoms with van der Waals surface area (Å²) in [5.74, 6) is 2.02. The Bertz CT molecular complexity index is 399. The van der Waals surface area contributed by atoms with E-state index in [1.54, 1.807) is 14.2 Å². The van der Waals surface area contributed by atoms with Crippen LogP contribution in [0.3, 0.4) is 0 Å². The molecule has 0 bridgehead atoms. The number of hydrogen-bond donors (Lipinski definition) is 2. The molecule has 2 N–H and O–H groups in total. The Morgan fingerprint density at radius 3 is 2.63 bits per heavy atom. The minimum Gasteiger partial charge on any atom is -0.497 e. The van der Waals surface area contributed by atoms with Crippen LogP contribution in [-0.4, -0.2) is 32.5 Å². The molecule has 0 radical (unpaired) electrons. The molecule has 1 atom stereocenters. The van der Waals surface area contributed by atoms with Crippen LogP contribution in [-0.2, 0) is 6.54 Å². The van der Waals surface area contributed by atoms with Crippen molar-refractivity contribution in [2.24, 2.45) is 5.92 Å². The highest BCUT2D eigenvalue weighted by Crippen LogP contribution is 2.32. The first-order chi connectivity index (χ1) is 9.12. The third-order valence-electron chi connectivity index (χ3n) is 3.00. The molecule has 0 fully saturated rings. The molecule has 19 heavy (non-hydrogen) atoms. The van der Waals surface area contributed by atoms with Crippen LogP contribution in [0.2, 0.25) is 0 Å². The number of hydrogen-bond acceptors (Lipinski definition) is 4. The summed E-state index contributed by atoms with van der Waals surface area (Å²) in [6, 6.07) is 3.80. The highest BCUT2D eigenvalue weighted by Gasteiger charge is 2.11. The van der Waals surface area contributed by atoms with E-state index in [1.807, 2.05) is 12.1 Å². The Hall–Kier alpha value is -0.780. The molecule has 0 saturated carbocycles. The summed E-state index contributed by atoms with van der Waals surface area (Å²) < 4.78 is 11.6. The van der Waals surface area contributed by atoms with E-state index in [9.17, 15) is 0 Å². The Kier molecular flexibility index (Phi) is 7.20. The van der Waals surface area contributed by atoms with Crippen LogP contribution >= 0.6 is 15.9 Å². The monoisotopic (exact) mass is 331 g/mol. The van der Waals surface area contributed by atoms with Crippen molar-refractivity contribution in [1.82, 2.24) is 5.32 Å². The van der Waals surface area contributed by atoms with E-state index in [-0.39, 0.29) is 6.61 Å². The van der Waals surface area contributed by atoms with Gasteiger partial charge >= 0.3 is 0 Å². The van der Waals surface area contributed by atoms with Gasteiger partial charge in [-0.3, -0.25) is 0 Å². The molecule has 0 spiro atoms. The predicted octanol–water partition coefficient (Wildman–Crippen LogP) is 2.57. The van der Waals surface area contributed by atoms with E-state index in [0.717, 1.165) is 34.5 Å². The van der Waals surface area contributed by atoms with Crippen molar-refractivity contribution in [2.75, 3.05) is 27.4 Å². The molecule has 0 aliphatic heterocycles. The normalized spacial score (nSPS) is 12.3. The summed E-state index contributed by atoms with van der Waals surface area (Å²) in [7, 11) is 3.29. The van der Waals surface area contributed by atoms with Crippen LogP contribution in [0.4, 0.5) is 0 Å². The lowest BCUT2D eigenvalue weighted by Crippen LogP contribution is -2.22. The van der Waals surface area contributed by atoms with Gasteiger partial charge in [-0.2, -0.15) is 0 Å². The molecule has 0 amide bonds. The van der Waals surface area contributed by atoms with E-state index in [2.05, 4.69) is 28.2 Å². The fraction of sp³-hybridized carbons (Fsp3) is 0.571. The molecule has 1 unspecified atom stereocenters. The van der Waals surface area contributed by atoms with Crippen molar-refractivity contribution in [3.63, 3.8) is 0 Å². The Balaban J connectivity index is 2.67. The second kappa shape index (κ2) is 8.40.